The van der Waals surface area contributed by atoms with Gasteiger partial charge in [0.1, 0.15) is 12.1 Å². The van der Waals surface area contributed by atoms with E-state index in [4.69, 9.17) is 19.5 Å². The van der Waals surface area contributed by atoms with Crippen LogP contribution in [0.15, 0.2) is 0 Å². The summed E-state index contributed by atoms with van der Waals surface area (Å²) in [6, 6.07) is 2.01. The van der Waals surface area contributed by atoms with Gasteiger partial charge in [-0.25, -0.2) is 0 Å². The topological polar surface area (TPSA) is 130 Å². The Morgan fingerprint density at radius 3 is 2.41 bits per heavy atom. The highest BCUT2D eigenvalue weighted by Crippen LogP contribution is 2.41. The largest absolute Gasteiger partial charge is 0.346 e. The molecule has 0 radical (unpaired) electrons. The average molecular weight is 523 g/mol. The molecule has 0 bridgehead atoms. The Labute approximate surface area is 221 Å². The summed E-state index contributed by atoms with van der Waals surface area (Å²) in [6.45, 7) is 13.2. The molecule has 210 valence electrons. The first-order valence-corrected chi connectivity index (χ1v) is 13.7. The van der Waals surface area contributed by atoms with Crippen molar-refractivity contribution in [3.8, 4) is 6.07 Å². The first-order valence-electron chi connectivity index (χ1n) is 13.7. The second kappa shape index (κ2) is 13.7. The number of amides is 2. The summed E-state index contributed by atoms with van der Waals surface area (Å²) in [4.78, 5) is 36.1. The fourth-order valence-corrected chi connectivity index (χ4v) is 5.38. The van der Waals surface area contributed by atoms with E-state index in [0.717, 1.165) is 57.9 Å². The number of likely N-dealkylation sites (tertiary alicyclic amines) is 1. The number of ketones is 1. The Morgan fingerprint density at radius 2 is 1.81 bits per heavy atom. The molecule has 0 saturated carbocycles. The van der Waals surface area contributed by atoms with Crippen molar-refractivity contribution < 1.29 is 28.6 Å². The molecule has 0 aromatic heterocycles. The summed E-state index contributed by atoms with van der Waals surface area (Å²) >= 11 is 0. The van der Waals surface area contributed by atoms with Gasteiger partial charge in [-0.3, -0.25) is 14.4 Å². The van der Waals surface area contributed by atoms with Crippen molar-refractivity contribution in [2.45, 2.75) is 122 Å². The summed E-state index contributed by atoms with van der Waals surface area (Å²) in [5, 5.41) is 15.0. The number of rotatable bonds is 10. The lowest BCUT2D eigenvalue weighted by Gasteiger charge is -2.36. The van der Waals surface area contributed by atoms with Crippen LogP contribution in [0.5, 0.6) is 0 Å². The highest BCUT2D eigenvalue weighted by Gasteiger charge is 2.55. The second-order valence-electron chi connectivity index (χ2n) is 10.9. The third kappa shape index (κ3) is 8.74. The smallest absolute Gasteiger partial charge is 0.287 e. The number of fused-ring (bicyclic) bond motifs is 1. The van der Waals surface area contributed by atoms with Gasteiger partial charge in [0.25, 0.3) is 5.91 Å². The molecule has 10 heteroatoms. The molecule has 10 nitrogen and oxygen atoms in total. The van der Waals surface area contributed by atoms with Crippen molar-refractivity contribution in [2.24, 2.45) is 0 Å². The SMILES string of the molecule is CC(=O)C(=O)NCC12OCCCC1OC(C)(C)O2.CCCC(C)(CCC)NCC(=O)N1CCCC1C#N. The number of hydrogen-bond acceptors (Lipinski definition) is 8. The molecule has 0 aliphatic carbocycles. The van der Waals surface area contributed by atoms with E-state index < -0.39 is 23.3 Å². The van der Waals surface area contributed by atoms with Crippen LogP contribution in [-0.2, 0) is 28.6 Å². The van der Waals surface area contributed by atoms with E-state index in [1.807, 2.05) is 13.8 Å². The second-order valence-corrected chi connectivity index (χ2v) is 10.9. The van der Waals surface area contributed by atoms with Crippen molar-refractivity contribution in [3.05, 3.63) is 0 Å². The third-order valence-electron chi connectivity index (χ3n) is 7.10. The lowest BCUT2D eigenvalue weighted by atomic mass is 9.91. The van der Waals surface area contributed by atoms with E-state index in [1.165, 1.54) is 6.92 Å². The number of nitrogens with zero attached hydrogens (tertiary/aromatic N) is 2. The van der Waals surface area contributed by atoms with Gasteiger partial charge >= 0.3 is 0 Å². The van der Waals surface area contributed by atoms with E-state index in [0.29, 0.717) is 13.2 Å². The molecule has 3 atom stereocenters. The number of ether oxygens (including phenoxy) is 3. The predicted octanol–water partition coefficient (Wildman–Crippen LogP) is 2.80. The molecule has 0 aromatic rings. The average Bonchev–Trinajstić information content (AvgIpc) is 3.42. The molecule has 3 heterocycles. The first-order chi connectivity index (χ1) is 17.4. The highest BCUT2D eigenvalue weighted by molar-refractivity contribution is 6.35. The molecular formula is C27H46N4O6. The molecule has 0 aromatic carbocycles. The lowest BCUT2D eigenvalue weighted by molar-refractivity contribution is -0.260. The third-order valence-corrected chi connectivity index (χ3v) is 7.10. The Bertz CT molecular complexity index is 835. The van der Waals surface area contributed by atoms with Crippen LogP contribution in [0.1, 0.15) is 92.9 Å². The maximum atomic E-state index is 12.2. The standard InChI is InChI=1S/C15H27N3O.C12H19NO5/c1-4-8-15(3,9-5-2)17-12-14(19)18-10-6-7-13(18)11-16;1-8(14)10(15)13-7-12-9(5-4-6-16-12)17-11(2,3)18-12/h13,17H,4-10,12H2,1-3H3;9H,4-7H2,1-3H3,(H,13,15). The lowest BCUT2D eigenvalue weighted by Crippen LogP contribution is -2.55. The van der Waals surface area contributed by atoms with Gasteiger partial charge in [0, 0.05) is 19.0 Å². The number of Topliss-reactive ketones (excluding diaryl/α,β-unsaturated/α-hetero) is 1. The molecule has 3 aliphatic heterocycles. The van der Waals surface area contributed by atoms with Crippen LogP contribution in [0.4, 0.5) is 0 Å². The fraction of sp³-hybridized carbons (Fsp3) is 0.852. The number of nitriles is 1. The van der Waals surface area contributed by atoms with Crippen molar-refractivity contribution in [1.29, 1.82) is 5.26 Å². The van der Waals surface area contributed by atoms with Gasteiger partial charge in [-0.2, -0.15) is 5.26 Å². The van der Waals surface area contributed by atoms with Gasteiger partial charge in [0.2, 0.25) is 17.5 Å². The molecule has 3 rings (SSSR count). The molecular weight excluding hydrogens is 476 g/mol. The van der Waals surface area contributed by atoms with Gasteiger partial charge in [0.15, 0.2) is 5.79 Å². The van der Waals surface area contributed by atoms with Crippen molar-refractivity contribution in [1.82, 2.24) is 15.5 Å². The molecule has 3 aliphatic rings. The normalized spacial score (nSPS) is 26.5. The first kappa shape index (κ1) is 31.2. The van der Waals surface area contributed by atoms with E-state index in [2.05, 4.69) is 37.5 Å². The van der Waals surface area contributed by atoms with Crippen LogP contribution in [0.25, 0.3) is 0 Å². The monoisotopic (exact) mass is 522 g/mol. The van der Waals surface area contributed by atoms with Gasteiger partial charge < -0.3 is 29.7 Å². The van der Waals surface area contributed by atoms with E-state index in [1.54, 1.807) is 4.90 Å². The minimum absolute atomic E-state index is 0.0427. The minimum Gasteiger partial charge on any atom is -0.346 e. The summed E-state index contributed by atoms with van der Waals surface area (Å²) in [5.74, 6) is -2.80. The van der Waals surface area contributed by atoms with Crippen LogP contribution in [0.3, 0.4) is 0 Å². The van der Waals surface area contributed by atoms with Crippen LogP contribution in [0.2, 0.25) is 0 Å². The molecule has 3 saturated heterocycles. The van der Waals surface area contributed by atoms with Crippen molar-refractivity contribution in [3.63, 3.8) is 0 Å². The van der Waals surface area contributed by atoms with E-state index in [9.17, 15) is 14.4 Å². The molecule has 3 fully saturated rings. The summed E-state index contributed by atoms with van der Waals surface area (Å²) in [7, 11) is 0. The zero-order valence-electron chi connectivity index (χ0n) is 23.5. The maximum absolute atomic E-state index is 12.2. The number of carbonyl (C=O) groups excluding carboxylic acids is 3. The zero-order chi connectivity index (χ0) is 27.7. The van der Waals surface area contributed by atoms with E-state index >= 15 is 0 Å². The Kier molecular flexibility index (Phi) is 11.5. The highest BCUT2D eigenvalue weighted by atomic mass is 16.8. The zero-order valence-corrected chi connectivity index (χ0v) is 23.5. The summed E-state index contributed by atoms with van der Waals surface area (Å²) in [5.41, 5.74) is 0.0427. The molecule has 3 unspecified atom stereocenters. The van der Waals surface area contributed by atoms with Gasteiger partial charge in [0.05, 0.1) is 25.8 Å². The maximum Gasteiger partial charge on any atom is 0.287 e. The quantitative estimate of drug-likeness (QED) is 0.419. The van der Waals surface area contributed by atoms with Crippen LogP contribution in [0, 0.1) is 11.3 Å². The molecule has 2 amide bonds. The Balaban J connectivity index is 0.000000260. The minimum atomic E-state index is -0.965. The van der Waals surface area contributed by atoms with E-state index in [-0.39, 0.29) is 30.1 Å². The fourth-order valence-electron chi connectivity index (χ4n) is 5.38. The van der Waals surface area contributed by atoms with Crippen LogP contribution in [-0.4, -0.2) is 78.0 Å². The predicted molar refractivity (Wildman–Crippen MR) is 138 cm³/mol. The Hall–Kier alpha value is -2.06. The van der Waals surface area contributed by atoms with Crippen molar-refractivity contribution in [2.75, 3.05) is 26.2 Å². The van der Waals surface area contributed by atoms with Gasteiger partial charge in [-0.05, 0) is 59.3 Å². The van der Waals surface area contributed by atoms with Crippen molar-refractivity contribution >= 4 is 17.6 Å². The summed E-state index contributed by atoms with van der Waals surface area (Å²) in [6.07, 6.45) is 7.66. The molecule has 2 N–H and O–H groups in total. The number of hydrogen-bond donors (Lipinski definition) is 2. The van der Waals surface area contributed by atoms with Crippen LogP contribution >= 0.6 is 0 Å². The molecule has 37 heavy (non-hydrogen) atoms. The Morgan fingerprint density at radius 1 is 1.14 bits per heavy atom. The molecule has 0 spiro atoms. The van der Waals surface area contributed by atoms with Gasteiger partial charge in [-0.15, -0.1) is 0 Å². The van der Waals surface area contributed by atoms with Gasteiger partial charge in [-0.1, -0.05) is 26.7 Å². The number of carbonyl (C=O) groups is 3. The summed E-state index contributed by atoms with van der Waals surface area (Å²) < 4.78 is 17.2. The van der Waals surface area contributed by atoms with Crippen LogP contribution < -0.4 is 10.6 Å². The number of nitrogens with one attached hydrogen (secondary N) is 2.